The smallest absolute Gasteiger partial charge is 0.309 e. The molecule has 3 aromatic carbocycles. The molecule has 42 heavy (non-hydrogen) atoms. The highest BCUT2D eigenvalue weighted by atomic mass is 32.2. The lowest BCUT2D eigenvalue weighted by Gasteiger charge is -2.34. The van der Waals surface area contributed by atoms with Gasteiger partial charge < -0.3 is 19.7 Å². The monoisotopic (exact) mass is 591 g/mol. The molecule has 9 nitrogen and oxygen atoms in total. The van der Waals surface area contributed by atoms with Crippen LogP contribution in [0.4, 0.5) is 11.4 Å². The fourth-order valence-electron chi connectivity index (χ4n) is 5.78. The number of ether oxygens (including phenoxy) is 2. The van der Waals surface area contributed by atoms with Crippen LogP contribution in [0.3, 0.4) is 0 Å². The van der Waals surface area contributed by atoms with Gasteiger partial charge in [0.25, 0.3) is 5.91 Å². The van der Waals surface area contributed by atoms with E-state index in [1.54, 1.807) is 43.3 Å². The summed E-state index contributed by atoms with van der Waals surface area (Å²) in [7, 11) is -2.48. The highest BCUT2D eigenvalue weighted by Gasteiger charge is 2.32. The van der Waals surface area contributed by atoms with Crippen LogP contribution in [-0.2, 0) is 26.0 Å². The molecule has 1 atom stereocenters. The van der Waals surface area contributed by atoms with E-state index in [0.29, 0.717) is 61.6 Å². The zero-order valence-electron chi connectivity index (χ0n) is 24.0. The quantitative estimate of drug-likeness (QED) is 0.334. The van der Waals surface area contributed by atoms with Crippen molar-refractivity contribution >= 4 is 33.3 Å². The van der Waals surface area contributed by atoms with E-state index in [0.717, 1.165) is 24.0 Å². The molecule has 1 heterocycles. The number of rotatable bonds is 9. The molecule has 0 aromatic heterocycles. The largest absolute Gasteiger partial charge is 0.497 e. The lowest BCUT2D eigenvalue weighted by molar-refractivity contribution is -0.148. The molecule has 1 fully saturated rings. The molecule has 0 bridgehead atoms. The van der Waals surface area contributed by atoms with Gasteiger partial charge in [0.05, 0.1) is 25.3 Å². The Bertz CT molecular complexity index is 1550. The average Bonchev–Trinajstić information content (AvgIpc) is 3.01. The van der Waals surface area contributed by atoms with Gasteiger partial charge in [-0.2, -0.15) is 0 Å². The van der Waals surface area contributed by atoms with E-state index in [1.165, 1.54) is 13.2 Å². The molecule has 0 saturated carbocycles. The van der Waals surface area contributed by atoms with Crippen LogP contribution >= 0.6 is 0 Å². The summed E-state index contributed by atoms with van der Waals surface area (Å²) in [6.45, 7) is 3.14. The van der Waals surface area contributed by atoms with Crippen LogP contribution in [0.2, 0.25) is 0 Å². The molecule has 222 valence electrons. The predicted molar refractivity (Wildman–Crippen MR) is 161 cm³/mol. The van der Waals surface area contributed by atoms with Gasteiger partial charge in [-0.25, -0.2) is 13.1 Å². The third kappa shape index (κ3) is 6.60. The SMILES string of the molecule is CCOC(=O)C1CCN(c2ccc(NC(=O)c3cccc(OC)c3)cc2S(=O)(=O)N[C@H]2CCCc3ccccc32)CC1. The van der Waals surface area contributed by atoms with Crippen molar-refractivity contribution in [3.8, 4) is 5.75 Å². The molecule has 0 spiro atoms. The molecule has 0 radical (unpaired) electrons. The lowest BCUT2D eigenvalue weighted by Crippen LogP contribution is -2.38. The van der Waals surface area contributed by atoms with Gasteiger partial charge in [0.15, 0.2) is 0 Å². The summed E-state index contributed by atoms with van der Waals surface area (Å²) in [5, 5.41) is 2.84. The number of sulfonamides is 1. The van der Waals surface area contributed by atoms with E-state index in [9.17, 15) is 18.0 Å². The second-order valence-electron chi connectivity index (χ2n) is 10.6. The van der Waals surface area contributed by atoms with Gasteiger partial charge in [-0.1, -0.05) is 30.3 Å². The van der Waals surface area contributed by atoms with E-state index in [4.69, 9.17) is 9.47 Å². The van der Waals surface area contributed by atoms with Crippen LogP contribution in [0.25, 0.3) is 0 Å². The normalized spacial score (nSPS) is 17.3. The number of nitrogens with zero attached hydrogens (tertiary/aromatic N) is 1. The molecular weight excluding hydrogens is 554 g/mol. The second kappa shape index (κ2) is 13.0. The highest BCUT2D eigenvalue weighted by molar-refractivity contribution is 7.89. The Morgan fingerprint density at radius 1 is 0.976 bits per heavy atom. The third-order valence-corrected chi connectivity index (χ3v) is 9.46. The van der Waals surface area contributed by atoms with Gasteiger partial charge in [-0.3, -0.25) is 9.59 Å². The number of esters is 1. The average molecular weight is 592 g/mol. The van der Waals surface area contributed by atoms with Crippen LogP contribution in [0.1, 0.15) is 60.1 Å². The summed E-state index contributed by atoms with van der Waals surface area (Å²) in [5.41, 5.74) is 3.43. The molecule has 1 aliphatic heterocycles. The summed E-state index contributed by atoms with van der Waals surface area (Å²) < 4.78 is 41.6. The summed E-state index contributed by atoms with van der Waals surface area (Å²) in [6.07, 6.45) is 3.63. The number of hydrogen-bond acceptors (Lipinski definition) is 7. The van der Waals surface area contributed by atoms with E-state index < -0.39 is 10.0 Å². The van der Waals surface area contributed by atoms with Gasteiger partial charge in [-0.05, 0) is 86.6 Å². The van der Waals surface area contributed by atoms with E-state index in [2.05, 4.69) is 10.0 Å². The van der Waals surface area contributed by atoms with E-state index >= 15 is 0 Å². The minimum Gasteiger partial charge on any atom is -0.497 e. The Labute approximate surface area is 247 Å². The minimum absolute atomic E-state index is 0.0866. The Balaban J connectivity index is 1.45. The van der Waals surface area contributed by atoms with Crippen molar-refractivity contribution in [3.63, 3.8) is 0 Å². The fourth-order valence-corrected chi connectivity index (χ4v) is 7.28. The van der Waals surface area contributed by atoms with E-state index in [1.807, 2.05) is 29.2 Å². The van der Waals surface area contributed by atoms with Gasteiger partial charge in [0.2, 0.25) is 10.0 Å². The molecular formula is C32H37N3O6S. The third-order valence-electron chi connectivity index (χ3n) is 7.96. The Morgan fingerprint density at radius 2 is 1.76 bits per heavy atom. The van der Waals surface area contributed by atoms with Crippen molar-refractivity contribution in [3.05, 3.63) is 83.4 Å². The number of benzene rings is 3. The zero-order chi connectivity index (χ0) is 29.7. The maximum absolute atomic E-state index is 14.1. The number of aryl methyl sites for hydroxylation is 1. The first-order valence-corrected chi connectivity index (χ1v) is 15.9. The fraction of sp³-hybridized carbons (Fsp3) is 0.375. The number of piperidine rings is 1. The summed E-state index contributed by atoms with van der Waals surface area (Å²) >= 11 is 0. The maximum atomic E-state index is 14.1. The first-order chi connectivity index (χ1) is 20.3. The number of carbonyl (C=O) groups is 2. The minimum atomic E-state index is -4.01. The number of hydrogen-bond donors (Lipinski definition) is 2. The first kappa shape index (κ1) is 29.6. The van der Waals surface area contributed by atoms with Gasteiger partial charge in [-0.15, -0.1) is 0 Å². The Hall–Kier alpha value is -3.89. The van der Waals surface area contributed by atoms with Crippen molar-refractivity contribution in [2.45, 2.75) is 50.0 Å². The van der Waals surface area contributed by atoms with Crippen LogP contribution < -0.4 is 19.7 Å². The summed E-state index contributed by atoms with van der Waals surface area (Å²) in [6, 6.07) is 19.3. The number of methoxy groups -OCH3 is 1. The molecule has 2 aliphatic rings. The van der Waals surface area contributed by atoms with Crippen molar-refractivity contribution in [1.82, 2.24) is 4.72 Å². The molecule has 2 N–H and O–H groups in total. The van der Waals surface area contributed by atoms with Crippen LogP contribution in [-0.4, -0.2) is 47.1 Å². The topological polar surface area (TPSA) is 114 Å². The summed E-state index contributed by atoms with van der Waals surface area (Å²) in [4.78, 5) is 27.4. The van der Waals surface area contributed by atoms with Crippen LogP contribution in [0.5, 0.6) is 5.75 Å². The molecule has 5 rings (SSSR count). The van der Waals surface area contributed by atoms with Crippen molar-refractivity contribution in [2.75, 3.05) is 37.0 Å². The Kier molecular flexibility index (Phi) is 9.13. The second-order valence-corrected chi connectivity index (χ2v) is 12.3. The first-order valence-electron chi connectivity index (χ1n) is 14.4. The van der Waals surface area contributed by atoms with Crippen molar-refractivity contribution < 1.29 is 27.5 Å². The molecule has 0 unspecified atom stereocenters. The number of fused-ring (bicyclic) bond motifs is 1. The van der Waals surface area contributed by atoms with Gasteiger partial charge in [0, 0.05) is 30.4 Å². The molecule has 3 aromatic rings. The van der Waals surface area contributed by atoms with Crippen LogP contribution in [0.15, 0.2) is 71.6 Å². The van der Waals surface area contributed by atoms with Crippen LogP contribution in [0, 0.1) is 5.92 Å². The number of carbonyl (C=O) groups excluding carboxylic acids is 2. The standard InChI is InChI=1S/C32H37N3O6S/c1-3-41-32(37)23-16-18-35(19-17-23)29-15-14-25(33-31(36)24-10-6-11-26(20-24)40-2)21-30(29)42(38,39)34-28-13-7-9-22-8-4-5-12-27(22)28/h4-6,8,10-12,14-15,20-21,23,28,34H,3,7,9,13,16-19H2,1-2H3,(H,33,36)/t28-/m0/s1. The van der Waals surface area contributed by atoms with Crippen molar-refractivity contribution in [2.24, 2.45) is 5.92 Å². The molecule has 1 saturated heterocycles. The predicted octanol–water partition coefficient (Wildman–Crippen LogP) is 5.08. The van der Waals surface area contributed by atoms with Gasteiger partial charge in [0.1, 0.15) is 10.6 Å². The number of nitrogens with one attached hydrogen (secondary N) is 2. The zero-order valence-corrected chi connectivity index (χ0v) is 24.8. The highest BCUT2D eigenvalue weighted by Crippen LogP contribution is 2.35. The lowest BCUT2D eigenvalue weighted by atomic mass is 9.88. The summed E-state index contributed by atoms with van der Waals surface area (Å²) in [5.74, 6) is -0.253. The van der Waals surface area contributed by atoms with E-state index in [-0.39, 0.29) is 28.7 Å². The molecule has 1 aliphatic carbocycles. The maximum Gasteiger partial charge on any atom is 0.309 e. The van der Waals surface area contributed by atoms with Gasteiger partial charge >= 0.3 is 5.97 Å². The molecule has 1 amide bonds. The van der Waals surface area contributed by atoms with Crippen molar-refractivity contribution in [1.29, 1.82) is 0 Å². The number of amides is 1. The Morgan fingerprint density at radius 3 is 2.52 bits per heavy atom. The molecule has 10 heteroatoms. The number of anilines is 2.